The second kappa shape index (κ2) is 5.40. The van der Waals surface area contributed by atoms with Gasteiger partial charge in [0.05, 0.1) is 7.11 Å². The first kappa shape index (κ1) is 12.2. The van der Waals surface area contributed by atoms with Crippen molar-refractivity contribution in [3.05, 3.63) is 53.8 Å². The standard InChI is InChI=1S/C14H14FNO2/c1-17-13-4-2-3-10(14(13)15)9-18-12-7-5-11(16)6-8-12/h2-8H,9,16H2,1H3. The first-order valence-corrected chi connectivity index (χ1v) is 5.50. The molecule has 2 rings (SSSR count). The topological polar surface area (TPSA) is 44.5 Å². The van der Waals surface area contributed by atoms with Crippen molar-refractivity contribution in [2.24, 2.45) is 0 Å². The van der Waals surface area contributed by atoms with E-state index < -0.39 is 5.82 Å². The summed E-state index contributed by atoms with van der Waals surface area (Å²) in [6.07, 6.45) is 0. The summed E-state index contributed by atoms with van der Waals surface area (Å²) < 4.78 is 24.2. The first-order chi connectivity index (χ1) is 8.70. The van der Waals surface area contributed by atoms with Gasteiger partial charge in [0.2, 0.25) is 0 Å². The fourth-order valence-electron chi connectivity index (χ4n) is 1.55. The Hall–Kier alpha value is -2.23. The van der Waals surface area contributed by atoms with Gasteiger partial charge in [0, 0.05) is 11.3 Å². The molecule has 0 heterocycles. The van der Waals surface area contributed by atoms with Gasteiger partial charge >= 0.3 is 0 Å². The summed E-state index contributed by atoms with van der Waals surface area (Å²) >= 11 is 0. The van der Waals surface area contributed by atoms with Crippen molar-refractivity contribution in [1.29, 1.82) is 0 Å². The molecule has 0 amide bonds. The number of nitrogens with two attached hydrogens (primary N) is 1. The average Bonchev–Trinajstić information content (AvgIpc) is 2.39. The minimum Gasteiger partial charge on any atom is -0.494 e. The van der Waals surface area contributed by atoms with E-state index in [1.807, 2.05) is 0 Å². The van der Waals surface area contributed by atoms with Gasteiger partial charge in [-0.15, -0.1) is 0 Å². The molecule has 94 valence electrons. The lowest BCUT2D eigenvalue weighted by Crippen LogP contribution is -2.00. The van der Waals surface area contributed by atoms with Crippen LogP contribution in [0.25, 0.3) is 0 Å². The van der Waals surface area contributed by atoms with Crippen LogP contribution in [0.15, 0.2) is 42.5 Å². The number of hydrogen-bond acceptors (Lipinski definition) is 3. The Kier molecular flexibility index (Phi) is 3.67. The highest BCUT2D eigenvalue weighted by molar-refractivity contribution is 5.41. The second-order valence-corrected chi connectivity index (χ2v) is 3.79. The Morgan fingerprint density at radius 1 is 1.11 bits per heavy atom. The summed E-state index contributed by atoms with van der Waals surface area (Å²) in [6.45, 7) is 0.146. The van der Waals surface area contributed by atoms with Gasteiger partial charge in [0.25, 0.3) is 0 Å². The molecule has 0 saturated carbocycles. The second-order valence-electron chi connectivity index (χ2n) is 3.79. The van der Waals surface area contributed by atoms with Crippen molar-refractivity contribution < 1.29 is 13.9 Å². The van der Waals surface area contributed by atoms with Crippen LogP contribution in [0.2, 0.25) is 0 Å². The lowest BCUT2D eigenvalue weighted by Gasteiger charge is -2.09. The number of ether oxygens (including phenoxy) is 2. The van der Waals surface area contributed by atoms with Crippen molar-refractivity contribution in [2.75, 3.05) is 12.8 Å². The molecule has 0 aliphatic rings. The van der Waals surface area contributed by atoms with E-state index >= 15 is 0 Å². The van der Waals surface area contributed by atoms with Crippen molar-refractivity contribution in [3.8, 4) is 11.5 Å². The maximum Gasteiger partial charge on any atom is 0.171 e. The molecule has 0 aliphatic heterocycles. The lowest BCUT2D eigenvalue weighted by atomic mass is 10.2. The monoisotopic (exact) mass is 247 g/mol. The smallest absolute Gasteiger partial charge is 0.171 e. The van der Waals surface area contributed by atoms with Crippen LogP contribution in [-0.2, 0) is 6.61 Å². The van der Waals surface area contributed by atoms with Gasteiger partial charge in [0.15, 0.2) is 11.6 Å². The predicted octanol–water partition coefficient (Wildman–Crippen LogP) is 3.00. The molecule has 0 unspecified atom stereocenters. The van der Waals surface area contributed by atoms with Gasteiger partial charge in [0.1, 0.15) is 12.4 Å². The van der Waals surface area contributed by atoms with Crippen LogP contribution in [0.1, 0.15) is 5.56 Å². The van der Waals surface area contributed by atoms with E-state index in [1.54, 1.807) is 42.5 Å². The molecule has 0 fully saturated rings. The molecular formula is C14H14FNO2. The summed E-state index contributed by atoms with van der Waals surface area (Å²) in [5.41, 5.74) is 6.68. The zero-order valence-electron chi connectivity index (χ0n) is 10.0. The van der Waals surface area contributed by atoms with Crippen molar-refractivity contribution in [1.82, 2.24) is 0 Å². The summed E-state index contributed by atoms with van der Waals surface area (Å²) in [5, 5.41) is 0. The van der Waals surface area contributed by atoms with Crippen LogP contribution in [0.5, 0.6) is 11.5 Å². The van der Waals surface area contributed by atoms with E-state index in [4.69, 9.17) is 15.2 Å². The number of anilines is 1. The average molecular weight is 247 g/mol. The van der Waals surface area contributed by atoms with E-state index in [0.29, 0.717) is 17.0 Å². The highest BCUT2D eigenvalue weighted by atomic mass is 19.1. The van der Waals surface area contributed by atoms with Gasteiger partial charge < -0.3 is 15.2 Å². The van der Waals surface area contributed by atoms with Gasteiger partial charge in [-0.25, -0.2) is 4.39 Å². The highest BCUT2D eigenvalue weighted by Crippen LogP contribution is 2.22. The molecule has 2 aromatic rings. The third kappa shape index (κ3) is 2.71. The predicted molar refractivity (Wildman–Crippen MR) is 68.1 cm³/mol. The Bertz CT molecular complexity index is 526. The van der Waals surface area contributed by atoms with Crippen LogP contribution in [0.3, 0.4) is 0 Å². The van der Waals surface area contributed by atoms with Crippen LogP contribution in [0, 0.1) is 5.82 Å². The quantitative estimate of drug-likeness (QED) is 0.845. The molecule has 2 N–H and O–H groups in total. The molecule has 0 spiro atoms. The summed E-state index contributed by atoms with van der Waals surface area (Å²) in [4.78, 5) is 0. The normalized spacial score (nSPS) is 10.1. The van der Waals surface area contributed by atoms with Gasteiger partial charge in [-0.3, -0.25) is 0 Å². The van der Waals surface area contributed by atoms with E-state index in [-0.39, 0.29) is 12.4 Å². The molecule has 0 aliphatic carbocycles. The molecule has 0 atom stereocenters. The summed E-state index contributed by atoms with van der Waals surface area (Å²) in [7, 11) is 1.43. The Balaban J connectivity index is 2.08. The molecule has 3 nitrogen and oxygen atoms in total. The lowest BCUT2D eigenvalue weighted by molar-refractivity contribution is 0.295. The number of halogens is 1. The Morgan fingerprint density at radius 3 is 2.50 bits per heavy atom. The molecule has 0 saturated heterocycles. The maximum absolute atomic E-state index is 13.8. The Morgan fingerprint density at radius 2 is 1.83 bits per heavy atom. The third-order valence-electron chi connectivity index (χ3n) is 2.54. The fraction of sp³-hybridized carbons (Fsp3) is 0.143. The van der Waals surface area contributed by atoms with Crippen LogP contribution >= 0.6 is 0 Å². The Labute approximate surface area is 105 Å². The van der Waals surface area contributed by atoms with Crippen LogP contribution in [-0.4, -0.2) is 7.11 Å². The van der Waals surface area contributed by atoms with E-state index in [2.05, 4.69) is 0 Å². The zero-order valence-corrected chi connectivity index (χ0v) is 10.0. The largest absolute Gasteiger partial charge is 0.494 e. The molecule has 2 aromatic carbocycles. The van der Waals surface area contributed by atoms with Gasteiger partial charge in [-0.05, 0) is 30.3 Å². The summed E-state index contributed by atoms with van der Waals surface area (Å²) in [6, 6.07) is 11.9. The zero-order chi connectivity index (χ0) is 13.0. The minimum absolute atomic E-state index is 0.146. The summed E-state index contributed by atoms with van der Waals surface area (Å²) in [5.74, 6) is 0.468. The number of benzene rings is 2. The van der Waals surface area contributed by atoms with Crippen molar-refractivity contribution in [3.63, 3.8) is 0 Å². The van der Waals surface area contributed by atoms with Crippen molar-refractivity contribution in [2.45, 2.75) is 6.61 Å². The van der Waals surface area contributed by atoms with E-state index in [0.717, 1.165) is 0 Å². The SMILES string of the molecule is COc1cccc(COc2ccc(N)cc2)c1F. The number of hydrogen-bond donors (Lipinski definition) is 1. The highest BCUT2D eigenvalue weighted by Gasteiger charge is 2.08. The molecule has 18 heavy (non-hydrogen) atoms. The molecule has 4 heteroatoms. The molecule has 0 bridgehead atoms. The first-order valence-electron chi connectivity index (χ1n) is 5.50. The van der Waals surface area contributed by atoms with E-state index in [9.17, 15) is 4.39 Å². The maximum atomic E-state index is 13.8. The van der Waals surface area contributed by atoms with Crippen molar-refractivity contribution >= 4 is 5.69 Å². The van der Waals surface area contributed by atoms with E-state index in [1.165, 1.54) is 7.11 Å². The molecular weight excluding hydrogens is 233 g/mol. The number of nitrogen functional groups attached to an aromatic ring is 1. The number of rotatable bonds is 4. The molecule has 0 aromatic heterocycles. The third-order valence-corrected chi connectivity index (χ3v) is 2.54. The van der Waals surface area contributed by atoms with Crippen LogP contribution < -0.4 is 15.2 Å². The minimum atomic E-state index is -0.393. The van der Waals surface area contributed by atoms with Gasteiger partial charge in [-0.1, -0.05) is 12.1 Å². The fourth-order valence-corrected chi connectivity index (χ4v) is 1.55. The van der Waals surface area contributed by atoms with Crippen LogP contribution in [0.4, 0.5) is 10.1 Å². The molecule has 0 radical (unpaired) electrons. The number of methoxy groups -OCH3 is 1. The van der Waals surface area contributed by atoms with Gasteiger partial charge in [-0.2, -0.15) is 0 Å².